The van der Waals surface area contributed by atoms with Crippen LogP contribution in [0.5, 0.6) is 11.5 Å². The van der Waals surface area contributed by atoms with Crippen LogP contribution in [-0.4, -0.2) is 31.4 Å². The third-order valence-corrected chi connectivity index (χ3v) is 5.12. The van der Waals surface area contributed by atoms with Gasteiger partial charge in [-0.1, -0.05) is 0 Å². The van der Waals surface area contributed by atoms with E-state index in [1.54, 1.807) is 42.8 Å². The van der Waals surface area contributed by atoms with Crippen molar-refractivity contribution in [2.45, 2.75) is 4.90 Å². The summed E-state index contributed by atoms with van der Waals surface area (Å²) in [6.45, 7) is 0. The number of rotatable bonds is 4. The van der Waals surface area contributed by atoms with Crippen molar-refractivity contribution in [1.82, 2.24) is 0 Å². The van der Waals surface area contributed by atoms with E-state index in [0.29, 0.717) is 21.7 Å². The Bertz CT molecular complexity index is 936. The van der Waals surface area contributed by atoms with Gasteiger partial charge in [-0.2, -0.15) is 4.36 Å². The molecule has 0 atom stereocenters. The van der Waals surface area contributed by atoms with Gasteiger partial charge < -0.3 is 4.74 Å². The standard InChI is InChI=1S/C15H16BrNO4S2/c1-22(2,18)17-11-4-9-15(14(16)10-11)21-12-5-7-13(8-6-12)23(3,19)20/h4-10H,1-3H3. The van der Waals surface area contributed by atoms with Gasteiger partial charge in [-0.3, -0.25) is 0 Å². The number of benzene rings is 2. The molecule has 8 heteroatoms. The topological polar surface area (TPSA) is 72.8 Å². The van der Waals surface area contributed by atoms with Crippen molar-refractivity contribution in [2.75, 3.05) is 18.8 Å². The van der Waals surface area contributed by atoms with E-state index >= 15 is 0 Å². The molecule has 0 aliphatic carbocycles. The van der Waals surface area contributed by atoms with Crippen LogP contribution in [0.2, 0.25) is 0 Å². The van der Waals surface area contributed by atoms with E-state index in [9.17, 15) is 12.6 Å². The minimum Gasteiger partial charge on any atom is -0.456 e. The van der Waals surface area contributed by atoms with Crippen LogP contribution in [0.4, 0.5) is 5.69 Å². The molecule has 23 heavy (non-hydrogen) atoms. The predicted octanol–water partition coefficient (Wildman–Crippen LogP) is 4.00. The van der Waals surface area contributed by atoms with E-state index in [1.165, 1.54) is 12.1 Å². The maximum atomic E-state index is 11.7. The monoisotopic (exact) mass is 417 g/mol. The first-order valence-corrected chi connectivity index (χ1v) is 11.5. The van der Waals surface area contributed by atoms with Crippen molar-refractivity contribution in [3.8, 4) is 11.5 Å². The maximum absolute atomic E-state index is 11.7. The van der Waals surface area contributed by atoms with Crippen molar-refractivity contribution in [1.29, 1.82) is 0 Å². The number of sulfone groups is 1. The minimum absolute atomic E-state index is 0.235. The Hall–Kier alpha value is -1.38. The van der Waals surface area contributed by atoms with E-state index in [-0.39, 0.29) is 4.90 Å². The molecule has 0 amide bonds. The van der Waals surface area contributed by atoms with Crippen LogP contribution >= 0.6 is 15.9 Å². The minimum atomic E-state index is -3.23. The highest BCUT2D eigenvalue weighted by Crippen LogP contribution is 2.33. The summed E-state index contributed by atoms with van der Waals surface area (Å²) in [5.41, 5.74) is 0.589. The smallest absolute Gasteiger partial charge is 0.175 e. The molecule has 124 valence electrons. The quantitative estimate of drug-likeness (QED) is 0.752. The normalized spacial score (nSPS) is 12.0. The second-order valence-corrected chi connectivity index (χ2v) is 10.6. The maximum Gasteiger partial charge on any atom is 0.175 e. The lowest BCUT2D eigenvalue weighted by Crippen LogP contribution is -1.96. The molecule has 0 spiro atoms. The summed E-state index contributed by atoms with van der Waals surface area (Å²) in [7, 11) is -5.46. The highest BCUT2D eigenvalue weighted by Gasteiger charge is 2.08. The largest absolute Gasteiger partial charge is 0.456 e. The van der Waals surface area contributed by atoms with Gasteiger partial charge in [0.25, 0.3) is 0 Å². The van der Waals surface area contributed by atoms with Gasteiger partial charge in [0.2, 0.25) is 0 Å². The molecular weight excluding hydrogens is 402 g/mol. The Balaban J connectivity index is 2.26. The second kappa shape index (κ2) is 6.62. The lowest BCUT2D eigenvalue weighted by Gasteiger charge is -2.09. The van der Waals surface area contributed by atoms with Gasteiger partial charge in [-0.05, 0) is 58.4 Å². The summed E-state index contributed by atoms with van der Waals surface area (Å²) in [5, 5.41) is 0. The van der Waals surface area contributed by atoms with Crippen LogP contribution in [0.15, 0.2) is 56.2 Å². The first kappa shape index (κ1) is 18.0. The Kier molecular flexibility index (Phi) is 5.17. The van der Waals surface area contributed by atoms with E-state index in [4.69, 9.17) is 4.74 Å². The predicted molar refractivity (Wildman–Crippen MR) is 95.8 cm³/mol. The zero-order chi connectivity index (χ0) is 17.3. The Morgan fingerprint density at radius 1 is 0.957 bits per heavy atom. The SMILES string of the molecule is CS(=O)(=O)c1ccc(Oc2ccc(N=S(C)(C)=O)cc2Br)cc1. The molecule has 0 heterocycles. The molecule has 0 bridgehead atoms. The summed E-state index contributed by atoms with van der Waals surface area (Å²) >= 11 is 3.38. The van der Waals surface area contributed by atoms with E-state index in [1.807, 2.05) is 0 Å². The number of hydrogen-bond donors (Lipinski definition) is 0. The summed E-state index contributed by atoms with van der Waals surface area (Å²) in [4.78, 5) is 0.235. The van der Waals surface area contributed by atoms with Crippen molar-refractivity contribution in [3.05, 3.63) is 46.9 Å². The number of nitrogens with zero attached hydrogens (tertiary/aromatic N) is 1. The molecule has 0 N–H and O–H groups in total. The molecule has 0 aliphatic rings. The molecule has 0 aromatic heterocycles. The van der Waals surface area contributed by atoms with Gasteiger partial charge >= 0.3 is 0 Å². The fraction of sp³-hybridized carbons (Fsp3) is 0.200. The van der Waals surface area contributed by atoms with Gasteiger partial charge in [-0.15, -0.1) is 0 Å². The van der Waals surface area contributed by atoms with Gasteiger partial charge in [0, 0.05) is 28.5 Å². The second-order valence-electron chi connectivity index (χ2n) is 5.23. The van der Waals surface area contributed by atoms with Crippen LogP contribution in [-0.2, 0) is 19.6 Å². The summed E-state index contributed by atoms with van der Waals surface area (Å²) in [6.07, 6.45) is 4.28. The van der Waals surface area contributed by atoms with Gasteiger partial charge in [0.15, 0.2) is 9.84 Å². The molecule has 0 unspecified atom stereocenters. The molecule has 0 radical (unpaired) electrons. The molecule has 0 saturated carbocycles. The lowest BCUT2D eigenvalue weighted by molar-refractivity contribution is 0.479. The number of ether oxygens (including phenoxy) is 1. The molecule has 2 aromatic rings. The number of hydrogen-bond acceptors (Lipinski definition) is 5. The fourth-order valence-corrected chi connectivity index (χ4v) is 3.46. The molecule has 0 fully saturated rings. The third kappa shape index (κ3) is 5.33. The molecule has 2 rings (SSSR count). The Labute approximate surface area is 144 Å². The van der Waals surface area contributed by atoms with Gasteiger partial charge in [0.1, 0.15) is 11.5 Å². The summed E-state index contributed by atoms with van der Waals surface area (Å²) in [5.74, 6) is 1.06. The van der Waals surface area contributed by atoms with Gasteiger partial charge in [-0.25, -0.2) is 12.6 Å². The molecular formula is C15H16BrNO4S2. The summed E-state index contributed by atoms with van der Waals surface area (Å²) < 4.78 is 45.0. The van der Waals surface area contributed by atoms with Crippen molar-refractivity contribution >= 4 is 41.2 Å². The van der Waals surface area contributed by atoms with Crippen molar-refractivity contribution in [3.63, 3.8) is 0 Å². The van der Waals surface area contributed by atoms with Crippen LogP contribution < -0.4 is 4.74 Å². The van der Waals surface area contributed by atoms with E-state index < -0.39 is 19.6 Å². The van der Waals surface area contributed by atoms with Crippen LogP contribution in [0.3, 0.4) is 0 Å². The van der Waals surface area contributed by atoms with Crippen molar-refractivity contribution in [2.24, 2.45) is 4.36 Å². The molecule has 0 aliphatic heterocycles. The average molecular weight is 418 g/mol. The first-order chi connectivity index (χ1) is 10.5. The van der Waals surface area contributed by atoms with E-state index in [0.717, 1.165) is 6.26 Å². The Morgan fingerprint density at radius 2 is 1.57 bits per heavy atom. The lowest BCUT2D eigenvalue weighted by atomic mass is 10.3. The van der Waals surface area contributed by atoms with E-state index in [2.05, 4.69) is 20.3 Å². The zero-order valence-corrected chi connectivity index (χ0v) is 16.0. The first-order valence-electron chi connectivity index (χ1n) is 6.49. The third-order valence-electron chi connectivity index (χ3n) is 2.72. The number of halogens is 1. The summed E-state index contributed by atoms with van der Waals surface area (Å²) in [6, 6.07) is 11.3. The molecule has 0 saturated heterocycles. The van der Waals surface area contributed by atoms with Crippen LogP contribution in [0.1, 0.15) is 0 Å². The van der Waals surface area contributed by atoms with Crippen LogP contribution in [0.25, 0.3) is 0 Å². The highest BCUT2D eigenvalue weighted by molar-refractivity contribution is 9.10. The zero-order valence-electron chi connectivity index (χ0n) is 12.8. The average Bonchev–Trinajstić information content (AvgIpc) is 2.40. The Morgan fingerprint density at radius 3 is 2.04 bits per heavy atom. The highest BCUT2D eigenvalue weighted by atomic mass is 79.9. The van der Waals surface area contributed by atoms with Crippen molar-refractivity contribution < 1.29 is 17.4 Å². The molecule has 2 aromatic carbocycles. The van der Waals surface area contributed by atoms with Crippen LogP contribution in [0, 0.1) is 0 Å². The van der Waals surface area contributed by atoms with Gasteiger partial charge in [0.05, 0.1) is 15.1 Å². The fourth-order valence-electron chi connectivity index (χ4n) is 1.77. The molecule has 5 nitrogen and oxygen atoms in total.